The number of aryl methyl sites for hydroxylation is 1. The molecule has 5 nitrogen and oxygen atoms in total. The van der Waals surface area contributed by atoms with Gasteiger partial charge in [-0.15, -0.1) is 0 Å². The second kappa shape index (κ2) is 14.6. The van der Waals surface area contributed by atoms with E-state index in [1.165, 1.54) is 20.8 Å². The Balaban J connectivity index is 3.08. The summed E-state index contributed by atoms with van der Waals surface area (Å²) < 4.78 is 180. The molecule has 0 spiro atoms. The van der Waals surface area contributed by atoms with E-state index in [4.69, 9.17) is 0 Å². The van der Waals surface area contributed by atoms with E-state index in [0.717, 1.165) is 0 Å². The van der Waals surface area contributed by atoms with E-state index >= 15 is 0 Å². The molecule has 0 aliphatic heterocycles. The van der Waals surface area contributed by atoms with Crippen LogP contribution in [0.25, 0.3) is 0 Å². The van der Waals surface area contributed by atoms with Gasteiger partial charge in [0, 0.05) is 6.42 Å². The monoisotopic (exact) mass is 748 g/mol. The van der Waals surface area contributed by atoms with Gasteiger partial charge in [-0.25, -0.2) is 0 Å². The van der Waals surface area contributed by atoms with Crippen LogP contribution in [0.5, 0.6) is 5.75 Å². The van der Waals surface area contributed by atoms with Crippen LogP contribution in [0, 0.1) is 5.41 Å². The van der Waals surface area contributed by atoms with Gasteiger partial charge in [-0.05, 0) is 54.2 Å². The van der Waals surface area contributed by atoms with E-state index in [1.807, 2.05) is 0 Å². The van der Waals surface area contributed by atoms with Crippen molar-refractivity contribution in [1.82, 2.24) is 0 Å². The predicted octanol–water partition coefficient (Wildman–Crippen LogP) is 10.0. The predicted molar refractivity (Wildman–Crippen MR) is 159 cm³/mol. The first kappa shape index (κ1) is 45.1. The molecule has 50 heavy (non-hydrogen) atoms. The molecule has 0 aromatic heterocycles. The SMILES string of the molecule is CCC(C)(C)C(=O)OCCC(F)(F)C(F)(F)C(F)(F)C(F)(F)C(F)(F)C(F)(F)CCOC(=O)CCc1cc(C(C)(C)C)c(O)c(C(C)(C)C)c1. The number of carbonyl (C=O) groups excluding carboxylic acids is 2. The zero-order valence-corrected chi connectivity index (χ0v) is 29.2. The summed E-state index contributed by atoms with van der Waals surface area (Å²) >= 11 is 0. The average Bonchev–Trinajstić information content (AvgIpc) is 2.94. The van der Waals surface area contributed by atoms with Crippen molar-refractivity contribution in [3.05, 3.63) is 28.8 Å². The Morgan fingerprint density at radius 1 is 0.620 bits per heavy atom. The van der Waals surface area contributed by atoms with Crippen molar-refractivity contribution < 1.29 is 76.9 Å². The van der Waals surface area contributed by atoms with Crippen LogP contribution in [0.15, 0.2) is 12.1 Å². The number of phenolic OH excluding ortho intramolecular Hbond substituents is 1. The van der Waals surface area contributed by atoms with Gasteiger partial charge in [0.1, 0.15) is 5.75 Å². The van der Waals surface area contributed by atoms with Crippen molar-refractivity contribution in [3.63, 3.8) is 0 Å². The highest BCUT2D eigenvalue weighted by Crippen LogP contribution is 2.61. The van der Waals surface area contributed by atoms with Crippen LogP contribution in [-0.4, -0.2) is 65.8 Å². The number of esters is 2. The second-order valence-electron chi connectivity index (χ2n) is 14.8. The van der Waals surface area contributed by atoms with Crippen LogP contribution in [0.3, 0.4) is 0 Å². The minimum absolute atomic E-state index is 0.000357. The number of alkyl halides is 12. The summed E-state index contributed by atoms with van der Waals surface area (Å²) in [5.74, 6) is -45.4. The van der Waals surface area contributed by atoms with E-state index in [9.17, 15) is 67.4 Å². The van der Waals surface area contributed by atoms with E-state index < -0.39 is 96.2 Å². The van der Waals surface area contributed by atoms with Gasteiger partial charge in [-0.2, -0.15) is 52.7 Å². The lowest BCUT2D eigenvalue weighted by Gasteiger charge is -2.41. The first-order valence-corrected chi connectivity index (χ1v) is 15.5. The maximum atomic E-state index is 14.3. The van der Waals surface area contributed by atoms with Crippen LogP contribution >= 0.6 is 0 Å². The average molecular weight is 749 g/mol. The Bertz CT molecular complexity index is 1320. The van der Waals surface area contributed by atoms with Crippen LogP contribution in [0.2, 0.25) is 0 Å². The molecule has 1 N–H and O–H groups in total. The van der Waals surface area contributed by atoms with Gasteiger partial charge in [0.25, 0.3) is 0 Å². The molecular weight excluding hydrogens is 704 g/mol. The van der Waals surface area contributed by atoms with Gasteiger partial charge in [0.05, 0.1) is 31.5 Å². The summed E-state index contributed by atoms with van der Waals surface area (Å²) in [6, 6.07) is 3.13. The Morgan fingerprint density at radius 2 is 0.980 bits per heavy atom. The fourth-order valence-corrected chi connectivity index (χ4v) is 4.37. The molecule has 17 heteroatoms. The number of hydrogen-bond donors (Lipinski definition) is 1. The third kappa shape index (κ3) is 9.12. The highest BCUT2D eigenvalue weighted by Gasteiger charge is 2.89. The summed E-state index contributed by atoms with van der Waals surface area (Å²) in [4.78, 5) is 24.0. The number of rotatable bonds is 16. The van der Waals surface area contributed by atoms with Crippen molar-refractivity contribution >= 4 is 11.9 Å². The van der Waals surface area contributed by atoms with E-state index in [-0.39, 0.29) is 18.6 Å². The number of aromatic hydroxyl groups is 1. The molecule has 0 amide bonds. The smallest absolute Gasteiger partial charge is 0.384 e. The Labute approximate surface area is 283 Å². The first-order valence-electron chi connectivity index (χ1n) is 15.5. The zero-order chi connectivity index (χ0) is 39.7. The van der Waals surface area contributed by atoms with Gasteiger partial charge in [0.15, 0.2) is 0 Å². The van der Waals surface area contributed by atoms with E-state index in [2.05, 4.69) is 9.47 Å². The normalized spacial score (nSPS) is 14.5. The summed E-state index contributed by atoms with van der Waals surface area (Å²) in [7, 11) is 0. The highest BCUT2D eigenvalue weighted by atomic mass is 19.4. The van der Waals surface area contributed by atoms with Crippen molar-refractivity contribution in [1.29, 1.82) is 0 Å². The topological polar surface area (TPSA) is 72.8 Å². The number of phenols is 1. The van der Waals surface area contributed by atoms with Crippen LogP contribution in [0.4, 0.5) is 52.7 Å². The lowest BCUT2D eigenvalue weighted by molar-refractivity contribution is -0.426. The van der Waals surface area contributed by atoms with Crippen molar-refractivity contribution in [3.8, 4) is 5.75 Å². The molecule has 0 bridgehead atoms. The molecule has 0 unspecified atom stereocenters. The fraction of sp³-hybridized carbons (Fsp3) is 0.758. The summed E-state index contributed by atoms with van der Waals surface area (Å²) in [5, 5.41) is 10.8. The Kier molecular flexibility index (Phi) is 13.2. The van der Waals surface area contributed by atoms with Crippen molar-refractivity contribution in [2.75, 3.05) is 13.2 Å². The molecular formula is C33H44F12O5. The molecule has 1 aromatic carbocycles. The molecule has 0 fully saturated rings. The summed E-state index contributed by atoms with van der Waals surface area (Å²) in [5.41, 5.74) is -1.04. The number of benzene rings is 1. The van der Waals surface area contributed by atoms with Crippen LogP contribution in [-0.2, 0) is 36.3 Å². The fourth-order valence-electron chi connectivity index (χ4n) is 4.37. The van der Waals surface area contributed by atoms with Gasteiger partial charge < -0.3 is 14.6 Å². The molecule has 0 saturated carbocycles. The standard InChI is InChI=1S/C33H44F12O5/c1-10-27(8,9)24(48)50-16-14-29(36,37)31(40,41)33(44,45)32(42,43)30(38,39)28(34,35)13-15-49-22(46)12-11-19-17-20(25(2,3)4)23(47)21(18-19)26(5,6)7/h17-18,47H,10-16H2,1-9H3. The lowest BCUT2D eigenvalue weighted by atomic mass is 9.78. The Morgan fingerprint density at radius 3 is 1.32 bits per heavy atom. The quantitative estimate of drug-likeness (QED) is 0.135. The molecule has 0 saturated heterocycles. The molecule has 0 heterocycles. The van der Waals surface area contributed by atoms with Gasteiger partial charge in [-0.3, -0.25) is 9.59 Å². The maximum Gasteiger partial charge on any atom is 0.384 e. The maximum absolute atomic E-state index is 14.3. The summed E-state index contributed by atoms with van der Waals surface area (Å²) in [6.45, 7) is 11.2. The number of hydrogen-bond acceptors (Lipinski definition) is 5. The molecule has 0 radical (unpaired) electrons. The molecule has 0 aliphatic rings. The van der Waals surface area contributed by atoms with Gasteiger partial charge in [-0.1, -0.05) is 60.6 Å². The number of halogens is 12. The van der Waals surface area contributed by atoms with E-state index in [1.54, 1.807) is 53.7 Å². The Hall–Kier alpha value is -2.88. The third-order valence-electron chi connectivity index (χ3n) is 8.27. The van der Waals surface area contributed by atoms with Crippen LogP contribution < -0.4 is 0 Å². The van der Waals surface area contributed by atoms with E-state index in [0.29, 0.717) is 16.7 Å². The largest absolute Gasteiger partial charge is 0.507 e. The molecule has 0 aliphatic carbocycles. The number of carbonyl (C=O) groups is 2. The van der Waals surface area contributed by atoms with Crippen molar-refractivity contribution in [2.45, 2.75) is 141 Å². The molecule has 1 aromatic rings. The number of ether oxygens (including phenoxy) is 2. The summed E-state index contributed by atoms with van der Waals surface area (Å²) in [6.07, 6.45) is -5.80. The molecule has 1 rings (SSSR count). The third-order valence-corrected chi connectivity index (χ3v) is 8.27. The second-order valence-corrected chi connectivity index (χ2v) is 14.8. The van der Waals surface area contributed by atoms with Gasteiger partial charge >= 0.3 is 47.5 Å². The van der Waals surface area contributed by atoms with Crippen LogP contribution in [0.1, 0.15) is 105 Å². The zero-order valence-electron chi connectivity index (χ0n) is 29.2. The highest BCUT2D eigenvalue weighted by molar-refractivity contribution is 5.75. The molecule has 290 valence electrons. The molecule has 0 atom stereocenters. The minimum Gasteiger partial charge on any atom is -0.507 e. The minimum atomic E-state index is -7.78. The lowest BCUT2D eigenvalue weighted by Crippen LogP contribution is -2.70. The van der Waals surface area contributed by atoms with Crippen molar-refractivity contribution in [2.24, 2.45) is 5.41 Å². The van der Waals surface area contributed by atoms with Gasteiger partial charge in [0.2, 0.25) is 0 Å². The first-order chi connectivity index (χ1) is 22.0.